The molecule has 10 heteroatoms. The number of nitrogens with zero attached hydrogens (tertiary/aromatic N) is 5. The number of hydrogen-bond acceptors (Lipinski definition) is 5. The van der Waals surface area contributed by atoms with Crippen LogP contribution in [0.15, 0.2) is 47.6 Å². The van der Waals surface area contributed by atoms with Crippen molar-refractivity contribution in [2.45, 2.75) is 45.6 Å². The number of hydrogen-bond donors (Lipinski definition) is 2. The maximum atomic E-state index is 13.0. The standard InChI is InChI=1S/C31H44N8O2/c1-31(2)20-39(21-31)29(41)23-11-18-38(19-12-23)26-6-5-15-33-27(26)35-30(32)34-24-9-7-22(8-10-24)28(40)37(4)25-13-16-36(3)17-14-25/h5-10,15,23,25H,11-14,16-21H2,1-4H3,(H3,32,33,34,35)/p+1. The van der Waals surface area contributed by atoms with E-state index in [1.807, 2.05) is 59.4 Å². The number of amides is 2. The Labute approximate surface area is 243 Å². The fourth-order valence-corrected chi connectivity index (χ4v) is 6.28. The second kappa shape index (κ2) is 12.1. The minimum absolute atomic E-state index is 0.0375. The Kier molecular flexibility index (Phi) is 8.49. The maximum Gasteiger partial charge on any atom is 0.348 e. The van der Waals surface area contributed by atoms with Crippen molar-refractivity contribution in [1.82, 2.24) is 14.7 Å². The number of nitrogens with two attached hydrogens (primary N) is 1. The van der Waals surface area contributed by atoms with Gasteiger partial charge in [-0.15, -0.1) is 0 Å². The number of anilines is 2. The number of guanidine groups is 1. The number of nitrogens with one attached hydrogen (secondary N) is 2. The molecule has 0 radical (unpaired) electrons. The molecule has 0 unspecified atom stereocenters. The van der Waals surface area contributed by atoms with Crippen LogP contribution in [0, 0.1) is 11.3 Å². The van der Waals surface area contributed by atoms with Gasteiger partial charge >= 0.3 is 11.8 Å². The van der Waals surface area contributed by atoms with E-state index in [0.717, 1.165) is 76.3 Å². The molecule has 3 aliphatic heterocycles. The lowest BCUT2D eigenvalue weighted by molar-refractivity contribution is -0.362. The Morgan fingerprint density at radius 3 is 2.32 bits per heavy atom. The number of carbonyl (C=O) groups excluding carboxylic acids is 2. The van der Waals surface area contributed by atoms with Crippen LogP contribution in [-0.2, 0) is 4.79 Å². The third-order valence-corrected chi connectivity index (χ3v) is 8.74. The highest BCUT2D eigenvalue weighted by Crippen LogP contribution is 2.33. The number of piperidine rings is 2. The number of benzene rings is 1. The molecule has 41 heavy (non-hydrogen) atoms. The topological polar surface area (TPSA) is 112 Å². The molecule has 220 valence electrons. The summed E-state index contributed by atoms with van der Waals surface area (Å²) in [5.74, 6) is 1.35. The van der Waals surface area contributed by atoms with E-state index in [1.54, 1.807) is 0 Å². The molecule has 4 N–H and O–H groups in total. The van der Waals surface area contributed by atoms with Crippen LogP contribution in [0.1, 0.15) is 49.9 Å². The van der Waals surface area contributed by atoms with Crippen molar-refractivity contribution < 1.29 is 14.6 Å². The molecule has 3 saturated heterocycles. The summed E-state index contributed by atoms with van der Waals surface area (Å²) in [6.07, 6.45) is 5.49. The zero-order valence-electron chi connectivity index (χ0n) is 24.9. The minimum atomic E-state index is 0.0375. The summed E-state index contributed by atoms with van der Waals surface area (Å²) in [6, 6.07) is 11.6. The van der Waals surface area contributed by atoms with Gasteiger partial charge in [0.15, 0.2) is 0 Å². The minimum Gasteiger partial charge on any atom is -0.365 e. The van der Waals surface area contributed by atoms with Crippen LogP contribution >= 0.6 is 0 Å². The van der Waals surface area contributed by atoms with Crippen molar-refractivity contribution in [3.63, 3.8) is 0 Å². The fraction of sp³-hybridized carbons (Fsp3) is 0.548. The summed E-state index contributed by atoms with van der Waals surface area (Å²) in [4.78, 5) is 42.3. The van der Waals surface area contributed by atoms with E-state index in [-0.39, 0.29) is 29.2 Å². The van der Waals surface area contributed by atoms with Gasteiger partial charge in [0, 0.05) is 56.4 Å². The van der Waals surface area contributed by atoms with Crippen LogP contribution in [0.25, 0.3) is 0 Å². The fourth-order valence-electron chi connectivity index (χ4n) is 6.28. The molecule has 4 heterocycles. The van der Waals surface area contributed by atoms with Crippen molar-refractivity contribution in [1.29, 1.82) is 0 Å². The lowest BCUT2D eigenvalue weighted by Crippen LogP contribution is -2.57. The lowest BCUT2D eigenvalue weighted by atomic mass is 9.82. The molecule has 2 amide bonds. The van der Waals surface area contributed by atoms with Gasteiger partial charge in [0.05, 0.1) is 6.20 Å². The third kappa shape index (κ3) is 6.81. The quantitative estimate of drug-likeness (QED) is 0.415. The van der Waals surface area contributed by atoms with Crippen molar-refractivity contribution in [3.8, 4) is 0 Å². The van der Waals surface area contributed by atoms with Gasteiger partial charge in [-0.3, -0.25) is 9.59 Å². The average Bonchev–Trinajstić information content (AvgIpc) is 2.96. The molecule has 3 fully saturated rings. The molecule has 0 spiro atoms. The summed E-state index contributed by atoms with van der Waals surface area (Å²) < 4.78 is 0. The molecule has 1 aromatic heterocycles. The van der Waals surface area contributed by atoms with Crippen molar-refractivity contribution in [3.05, 3.63) is 48.2 Å². The molecule has 0 atom stereocenters. The van der Waals surface area contributed by atoms with Gasteiger partial charge in [-0.2, -0.15) is 0 Å². The Hall–Kier alpha value is -3.66. The van der Waals surface area contributed by atoms with Gasteiger partial charge in [-0.25, -0.2) is 4.98 Å². The van der Waals surface area contributed by atoms with E-state index in [9.17, 15) is 9.59 Å². The van der Waals surface area contributed by atoms with Gasteiger partial charge in [0.1, 0.15) is 5.69 Å². The number of rotatable bonds is 6. The van der Waals surface area contributed by atoms with Gasteiger partial charge < -0.3 is 30.7 Å². The van der Waals surface area contributed by atoms with E-state index in [1.165, 1.54) is 0 Å². The van der Waals surface area contributed by atoms with E-state index in [0.29, 0.717) is 17.3 Å². The van der Waals surface area contributed by atoms with Crippen molar-refractivity contribution in [2.24, 2.45) is 22.1 Å². The first kappa shape index (κ1) is 28.9. The zero-order chi connectivity index (χ0) is 29.1. The Morgan fingerprint density at radius 1 is 1.02 bits per heavy atom. The molecule has 10 nitrogen and oxygen atoms in total. The summed E-state index contributed by atoms with van der Waals surface area (Å²) in [5.41, 5.74) is 8.93. The lowest BCUT2D eigenvalue weighted by Gasteiger charge is -2.47. The average molecular weight is 562 g/mol. The summed E-state index contributed by atoms with van der Waals surface area (Å²) in [7, 11) is 4.02. The smallest absolute Gasteiger partial charge is 0.348 e. The maximum absolute atomic E-state index is 13.0. The number of likely N-dealkylation sites (tertiary alicyclic amines) is 2. The van der Waals surface area contributed by atoms with Crippen LogP contribution < -0.4 is 20.9 Å². The van der Waals surface area contributed by atoms with Gasteiger partial charge in [0.25, 0.3) is 5.91 Å². The van der Waals surface area contributed by atoms with E-state index in [4.69, 9.17) is 5.73 Å². The highest BCUT2D eigenvalue weighted by atomic mass is 16.2. The van der Waals surface area contributed by atoms with Gasteiger partial charge in [-0.05, 0) is 92.6 Å². The van der Waals surface area contributed by atoms with E-state index in [2.05, 4.69) is 46.0 Å². The predicted molar refractivity (Wildman–Crippen MR) is 162 cm³/mol. The van der Waals surface area contributed by atoms with Crippen LogP contribution in [-0.4, -0.2) is 91.9 Å². The predicted octanol–water partition coefficient (Wildman–Crippen LogP) is 2.81. The summed E-state index contributed by atoms with van der Waals surface area (Å²) in [5, 5.41) is 3.15. The highest BCUT2D eigenvalue weighted by Gasteiger charge is 2.40. The molecular formula is C31H45N8O2+. The zero-order valence-corrected chi connectivity index (χ0v) is 24.9. The van der Waals surface area contributed by atoms with Gasteiger partial charge in [0.2, 0.25) is 5.91 Å². The van der Waals surface area contributed by atoms with Crippen LogP contribution in [0.3, 0.4) is 0 Å². The molecule has 1 aromatic carbocycles. The monoisotopic (exact) mass is 561 g/mol. The third-order valence-electron chi connectivity index (χ3n) is 8.74. The molecule has 3 aliphatic rings. The van der Waals surface area contributed by atoms with Gasteiger partial charge in [-0.1, -0.05) is 13.8 Å². The molecule has 0 bridgehead atoms. The number of aliphatic imine (C=N–C) groups is 1. The first-order chi connectivity index (χ1) is 19.6. The number of carbonyl (C=O) groups is 2. The van der Waals surface area contributed by atoms with Crippen LogP contribution in [0.2, 0.25) is 0 Å². The largest absolute Gasteiger partial charge is 0.365 e. The summed E-state index contributed by atoms with van der Waals surface area (Å²) >= 11 is 0. The van der Waals surface area contributed by atoms with Crippen LogP contribution in [0.4, 0.5) is 17.2 Å². The van der Waals surface area contributed by atoms with Crippen molar-refractivity contribution >= 4 is 35.0 Å². The number of aromatic nitrogens is 1. The first-order valence-corrected chi connectivity index (χ1v) is 14.8. The number of aromatic amines is 1. The second-order valence-electron chi connectivity index (χ2n) is 12.7. The number of H-pyrrole nitrogens is 1. The normalized spacial score (nSPS) is 20.4. The van der Waals surface area contributed by atoms with E-state index >= 15 is 0 Å². The van der Waals surface area contributed by atoms with Crippen molar-refractivity contribution in [2.75, 3.05) is 63.6 Å². The molecular weight excluding hydrogens is 516 g/mol. The Morgan fingerprint density at radius 2 is 1.68 bits per heavy atom. The molecule has 5 rings (SSSR count). The highest BCUT2D eigenvalue weighted by molar-refractivity contribution is 5.97. The second-order valence-corrected chi connectivity index (χ2v) is 12.7. The SMILES string of the molecule is CN1CCC(N(C)C(=O)c2ccc(N/C(N)=N/c3[nH+]cccc3N3CCC(C(=O)N4CC(C)(C)C4)CC3)cc2)CC1. The molecule has 2 aromatic rings. The Balaban J connectivity index is 1.17. The molecule has 0 aliphatic carbocycles. The van der Waals surface area contributed by atoms with Crippen LogP contribution in [0.5, 0.6) is 0 Å². The first-order valence-electron chi connectivity index (χ1n) is 14.8. The molecule has 0 saturated carbocycles. The van der Waals surface area contributed by atoms with E-state index < -0.39 is 0 Å². The number of pyridine rings is 1. The Bertz CT molecular complexity index is 1250. The summed E-state index contributed by atoms with van der Waals surface area (Å²) in [6.45, 7) is 9.75.